The summed E-state index contributed by atoms with van der Waals surface area (Å²) >= 11 is 0. The molecule has 0 unspecified atom stereocenters. The molecule has 134 valence electrons. The number of aromatic nitrogens is 2. The molecule has 0 radical (unpaired) electrons. The highest BCUT2D eigenvalue weighted by Crippen LogP contribution is 2.34. The average Bonchev–Trinajstić information content (AvgIpc) is 2.58. The van der Waals surface area contributed by atoms with Gasteiger partial charge in [-0.25, -0.2) is 0 Å². The third kappa shape index (κ3) is 3.37. The lowest BCUT2D eigenvalue weighted by atomic mass is 10.1. The lowest BCUT2D eigenvalue weighted by molar-refractivity contribution is -0.137. The molecule has 0 aliphatic carbocycles. The van der Waals surface area contributed by atoms with Gasteiger partial charge in [0.05, 0.1) is 22.3 Å². The summed E-state index contributed by atoms with van der Waals surface area (Å²) in [5.41, 5.74) is -2.70. The quantitative estimate of drug-likeness (QED) is 0.701. The molecule has 0 atom stereocenters. The molecule has 0 aliphatic heterocycles. The number of nitrogens with one attached hydrogen (secondary N) is 2. The van der Waals surface area contributed by atoms with Gasteiger partial charge in [0.2, 0.25) is 5.91 Å². The molecule has 3 aromatic rings. The number of benzene rings is 2. The fourth-order valence-electron chi connectivity index (χ4n) is 2.55. The Bertz CT molecular complexity index is 1100. The van der Waals surface area contributed by atoms with Gasteiger partial charge in [-0.2, -0.15) is 13.2 Å². The third-order valence-electron chi connectivity index (χ3n) is 3.69. The second-order valence-corrected chi connectivity index (χ2v) is 5.45. The molecule has 0 saturated carbocycles. The Morgan fingerprint density at radius 3 is 2.42 bits per heavy atom. The Kier molecular flexibility index (Phi) is 4.37. The van der Waals surface area contributed by atoms with E-state index in [9.17, 15) is 27.6 Å². The minimum Gasteiger partial charge on any atom is -0.324 e. The Hall–Kier alpha value is -3.36. The van der Waals surface area contributed by atoms with Gasteiger partial charge in [-0.05, 0) is 24.3 Å². The Morgan fingerprint density at radius 1 is 1.04 bits per heavy atom. The van der Waals surface area contributed by atoms with E-state index in [4.69, 9.17) is 0 Å². The number of para-hydroxylation sites is 3. The number of rotatable bonds is 3. The molecular formula is C17H12F3N3O3. The SMILES string of the molecule is O=C(Cn1c(=O)c(=O)[nH]c2ccccc21)Nc1ccccc1C(F)(F)F. The van der Waals surface area contributed by atoms with E-state index in [0.29, 0.717) is 5.52 Å². The van der Waals surface area contributed by atoms with Gasteiger partial charge >= 0.3 is 17.3 Å². The largest absolute Gasteiger partial charge is 0.418 e. The van der Waals surface area contributed by atoms with Crippen LogP contribution in [-0.4, -0.2) is 15.5 Å². The minimum absolute atomic E-state index is 0.288. The average molecular weight is 363 g/mol. The van der Waals surface area contributed by atoms with Crippen molar-refractivity contribution in [2.24, 2.45) is 0 Å². The number of anilines is 1. The van der Waals surface area contributed by atoms with Crippen LogP contribution in [0.1, 0.15) is 5.56 Å². The van der Waals surface area contributed by atoms with Gasteiger partial charge in [0, 0.05) is 0 Å². The number of hydrogen-bond donors (Lipinski definition) is 2. The summed E-state index contributed by atoms with van der Waals surface area (Å²) in [4.78, 5) is 38.4. The summed E-state index contributed by atoms with van der Waals surface area (Å²) in [6, 6.07) is 10.8. The van der Waals surface area contributed by atoms with Crippen molar-refractivity contribution in [1.82, 2.24) is 9.55 Å². The second-order valence-electron chi connectivity index (χ2n) is 5.45. The van der Waals surface area contributed by atoms with Crippen LogP contribution in [0.2, 0.25) is 0 Å². The number of carbonyl (C=O) groups is 1. The molecular weight excluding hydrogens is 351 g/mol. The number of hydrogen-bond acceptors (Lipinski definition) is 3. The molecule has 0 fully saturated rings. The first-order chi connectivity index (χ1) is 12.3. The zero-order valence-electron chi connectivity index (χ0n) is 13.1. The third-order valence-corrected chi connectivity index (χ3v) is 3.69. The van der Waals surface area contributed by atoms with E-state index in [1.807, 2.05) is 0 Å². The number of fused-ring (bicyclic) bond motifs is 1. The molecule has 0 aliphatic rings. The predicted octanol–water partition coefficient (Wildman–Crippen LogP) is 2.35. The fraction of sp³-hybridized carbons (Fsp3) is 0.118. The normalized spacial score (nSPS) is 11.5. The molecule has 2 aromatic carbocycles. The Balaban J connectivity index is 1.96. The van der Waals surface area contributed by atoms with Crippen molar-refractivity contribution in [2.75, 3.05) is 5.32 Å². The molecule has 0 bridgehead atoms. The van der Waals surface area contributed by atoms with E-state index in [-0.39, 0.29) is 5.52 Å². The number of carbonyl (C=O) groups excluding carboxylic acids is 1. The second kappa shape index (κ2) is 6.51. The van der Waals surface area contributed by atoms with Crippen LogP contribution >= 0.6 is 0 Å². The van der Waals surface area contributed by atoms with E-state index in [0.717, 1.165) is 16.7 Å². The van der Waals surface area contributed by atoms with Gasteiger partial charge in [0.25, 0.3) is 0 Å². The molecule has 2 N–H and O–H groups in total. The summed E-state index contributed by atoms with van der Waals surface area (Å²) in [6.45, 7) is -0.602. The Labute approximate surface area is 143 Å². The van der Waals surface area contributed by atoms with Crippen molar-refractivity contribution < 1.29 is 18.0 Å². The van der Waals surface area contributed by atoms with Crippen LogP contribution in [0.3, 0.4) is 0 Å². The van der Waals surface area contributed by atoms with Crippen molar-refractivity contribution in [3.63, 3.8) is 0 Å². The van der Waals surface area contributed by atoms with Crippen LogP contribution in [0, 0.1) is 0 Å². The standard InChI is InChI=1S/C17H12F3N3O3/c18-17(19,20)10-5-1-2-6-11(10)21-14(24)9-23-13-8-4-3-7-12(13)22-15(25)16(23)26/h1-8H,9H2,(H,21,24)(H,22,25). The van der Waals surface area contributed by atoms with Crippen LogP contribution in [0.4, 0.5) is 18.9 Å². The summed E-state index contributed by atoms with van der Waals surface area (Å²) in [6.07, 6.45) is -4.64. The summed E-state index contributed by atoms with van der Waals surface area (Å²) < 4.78 is 39.9. The van der Waals surface area contributed by atoms with Crippen LogP contribution in [-0.2, 0) is 17.5 Å². The molecule has 9 heteroatoms. The van der Waals surface area contributed by atoms with Gasteiger partial charge in [-0.15, -0.1) is 0 Å². The summed E-state index contributed by atoms with van der Waals surface area (Å²) in [5, 5.41) is 2.15. The first kappa shape index (κ1) is 17.5. The van der Waals surface area contributed by atoms with Crippen LogP contribution in [0.5, 0.6) is 0 Å². The van der Waals surface area contributed by atoms with E-state index >= 15 is 0 Å². The number of aromatic amines is 1. The number of H-pyrrole nitrogens is 1. The van der Waals surface area contributed by atoms with Gasteiger partial charge in [0.15, 0.2) is 0 Å². The minimum atomic E-state index is -4.64. The highest BCUT2D eigenvalue weighted by atomic mass is 19.4. The molecule has 1 aromatic heterocycles. The van der Waals surface area contributed by atoms with E-state index in [1.54, 1.807) is 18.2 Å². The number of nitrogens with zero attached hydrogens (tertiary/aromatic N) is 1. The van der Waals surface area contributed by atoms with Crippen molar-refractivity contribution in [1.29, 1.82) is 0 Å². The number of halogens is 3. The van der Waals surface area contributed by atoms with Crippen molar-refractivity contribution >= 4 is 22.6 Å². The molecule has 6 nitrogen and oxygen atoms in total. The van der Waals surface area contributed by atoms with Gasteiger partial charge in [-0.1, -0.05) is 24.3 Å². The van der Waals surface area contributed by atoms with Gasteiger partial charge in [-0.3, -0.25) is 19.0 Å². The van der Waals surface area contributed by atoms with E-state index in [2.05, 4.69) is 10.3 Å². The van der Waals surface area contributed by atoms with Gasteiger partial charge in [0.1, 0.15) is 6.54 Å². The molecule has 1 amide bonds. The highest BCUT2D eigenvalue weighted by molar-refractivity contribution is 5.92. The fourth-order valence-corrected chi connectivity index (χ4v) is 2.55. The van der Waals surface area contributed by atoms with Crippen LogP contribution in [0.15, 0.2) is 58.1 Å². The summed E-state index contributed by atoms with van der Waals surface area (Å²) in [5.74, 6) is -0.862. The van der Waals surface area contributed by atoms with E-state index in [1.165, 1.54) is 18.2 Å². The maximum atomic E-state index is 13.0. The van der Waals surface area contributed by atoms with Crippen molar-refractivity contribution in [2.45, 2.75) is 12.7 Å². The summed E-state index contributed by atoms with van der Waals surface area (Å²) in [7, 11) is 0. The zero-order chi connectivity index (χ0) is 18.9. The molecule has 0 spiro atoms. The smallest absolute Gasteiger partial charge is 0.324 e. The first-order valence-corrected chi connectivity index (χ1v) is 7.45. The number of alkyl halides is 3. The van der Waals surface area contributed by atoms with Crippen LogP contribution < -0.4 is 16.4 Å². The Morgan fingerprint density at radius 2 is 1.69 bits per heavy atom. The number of amides is 1. The highest BCUT2D eigenvalue weighted by Gasteiger charge is 2.33. The van der Waals surface area contributed by atoms with Crippen molar-refractivity contribution in [3.05, 3.63) is 74.8 Å². The first-order valence-electron chi connectivity index (χ1n) is 7.45. The maximum Gasteiger partial charge on any atom is 0.418 e. The van der Waals surface area contributed by atoms with Crippen LogP contribution in [0.25, 0.3) is 11.0 Å². The monoisotopic (exact) mass is 363 g/mol. The van der Waals surface area contributed by atoms with Gasteiger partial charge < -0.3 is 10.3 Å². The molecule has 3 rings (SSSR count). The molecule has 26 heavy (non-hydrogen) atoms. The zero-order valence-corrected chi connectivity index (χ0v) is 13.1. The molecule has 0 saturated heterocycles. The predicted molar refractivity (Wildman–Crippen MR) is 88.9 cm³/mol. The van der Waals surface area contributed by atoms with E-state index < -0.39 is 41.0 Å². The van der Waals surface area contributed by atoms with Crippen molar-refractivity contribution in [3.8, 4) is 0 Å². The lowest BCUT2D eigenvalue weighted by Gasteiger charge is -2.14. The molecule has 1 heterocycles. The topological polar surface area (TPSA) is 84.0 Å². The maximum absolute atomic E-state index is 13.0. The lowest BCUT2D eigenvalue weighted by Crippen LogP contribution is -2.38.